The highest BCUT2D eigenvalue weighted by molar-refractivity contribution is 5.19. The number of epoxide rings is 2. The summed E-state index contributed by atoms with van der Waals surface area (Å²) in [4.78, 5) is 0. The quantitative estimate of drug-likeness (QED) is 0.577. The van der Waals surface area contributed by atoms with Crippen molar-refractivity contribution in [2.75, 3.05) is 26.4 Å². The average molecular weight is 300 g/mol. The molecule has 0 bridgehead atoms. The van der Waals surface area contributed by atoms with Crippen molar-refractivity contribution in [3.8, 4) is 0 Å². The lowest BCUT2D eigenvalue weighted by atomic mass is 10.0. The van der Waals surface area contributed by atoms with Gasteiger partial charge in [-0.15, -0.1) is 0 Å². The first-order valence-electron chi connectivity index (χ1n) is 6.93. The van der Waals surface area contributed by atoms with Gasteiger partial charge in [0.25, 0.3) is 0 Å². The third kappa shape index (κ3) is 6.99. The van der Waals surface area contributed by atoms with Crippen molar-refractivity contribution in [1.29, 1.82) is 0 Å². The molecule has 0 aromatic heterocycles. The molecule has 2 heterocycles. The Labute approximate surface area is 124 Å². The van der Waals surface area contributed by atoms with Gasteiger partial charge < -0.3 is 29.9 Å². The van der Waals surface area contributed by atoms with Gasteiger partial charge in [0.1, 0.15) is 12.2 Å². The Balaban J connectivity index is 0.000000203. The average Bonchev–Trinajstić information content (AvgIpc) is 3.35. The van der Waals surface area contributed by atoms with Crippen LogP contribution in [-0.4, -0.2) is 54.3 Å². The Bertz CT molecular complexity index is 374. The second-order valence-electron chi connectivity index (χ2n) is 4.98. The topological polar surface area (TPSA) is 106 Å². The fourth-order valence-electron chi connectivity index (χ4n) is 1.57. The molecule has 2 fully saturated rings. The van der Waals surface area contributed by atoms with Crippen LogP contribution in [-0.2, 0) is 20.0 Å². The van der Waals surface area contributed by atoms with E-state index in [0.717, 1.165) is 26.4 Å². The van der Waals surface area contributed by atoms with Crippen LogP contribution >= 0.6 is 0 Å². The largest absolute Gasteiger partial charge is 0.412 e. The summed E-state index contributed by atoms with van der Waals surface area (Å²) in [7, 11) is 0. The van der Waals surface area contributed by atoms with Crippen LogP contribution in [0.2, 0.25) is 0 Å². The predicted molar refractivity (Wildman–Crippen MR) is 76.8 cm³/mol. The zero-order chi connectivity index (χ0) is 14.4. The van der Waals surface area contributed by atoms with Crippen LogP contribution in [0.15, 0.2) is 30.3 Å². The standard InChI is InChI=1S/C9H12O2.C6H10O3.H2O/c1-2-9(10,11)8-6-4-3-5-7-8;1(5-3-8-5)7-2-6-4-9-6;/h3-7,10-11H,2H2,1H3;5-6H,1-4H2;1H2. The number of ether oxygens (including phenoxy) is 3. The zero-order valence-corrected chi connectivity index (χ0v) is 12.2. The first kappa shape index (κ1) is 18.0. The highest BCUT2D eigenvalue weighted by Gasteiger charge is 2.26. The van der Waals surface area contributed by atoms with Gasteiger partial charge in [-0.2, -0.15) is 0 Å². The van der Waals surface area contributed by atoms with Crippen molar-refractivity contribution < 1.29 is 29.9 Å². The number of aliphatic hydroxyl groups is 2. The first-order chi connectivity index (χ1) is 9.62. The molecule has 0 amide bonds. The normalized spacial score (nSPS) is 22.6. The highest BCUT2D eigenvalue weighted by atomic mass is 16.6. The lowest BCUT2D eigenvalue weighted by Crippen LogP contribution is -2.23. The third-order valence-electron chi connectivity index (χ3n) is 3.14. The fraction of sp³-hybridized carbons (Fsp3) is 0.600. The molecule has 2 saturated heterocycles. The maximum Gasteiger partial charge on any atom is 0.189 e. The molecule has 2 aliphatic heterocycles. The van der Waals surface area contributed by atoms with Gasteiger partial charge in [0.15, 0.2) is 5.79 Å². The van der Waals surface area contributed by atoms with E-state index < -0.39 is 5.79 Å². The van der Waals surface area contributed by atoms with Gasteiger partial charge in [-0.25, -0.2) is 0 Å². The van der Waals surface area contributed by atoms with Gasteiger partial charge in [-0.3, -0.25) is 0 Å². The summed E-state index contributed by atoms with van der Waals surface area (Å²) >= 11 is 0. The van der Waals surface area contributed by atoms with Gasteiger partial charge in [0.2, 0.25) is 0 Å². The zero-order valence-electron chi connectivity index (χ0n) is 12.2. The smallest absolute Gasteiger partial charge is 0.189 e. The molecular weight excluding hydrogens is 276 g/mol. The molecule has 1 aromatic rings. The summed E-state index contributed by atoms with van der Waals surface area (Å²) in [6.07, 6.45) is 1.09. The molecule has 2 atom stereocenters. The van der Waals surface area contributed by atoms with Crippen molar-refractivity contribution in [3.63, 3.8) is 0 Å². The number of hydrogen-bond acceptors (Lipinski definition) is 5. The molecule has 1 aromatic carbocycles. The van der Waals surface area contributed by atoms with E-state index in [1.807, 2.05) is 6.07 Å². The highest BCUT2D eigenvalue weighted by Crippen LogP contribution is 2.20. The molecule has 0 radical (unpaired) electrons. The van der Waals surface area contributed by atoms with Crippen molar-refractivity contribution in [3.05, 3.63) is 35.9 Å². The number of hydrogen-bond donors (Lipinski definition) is 2. The monoisotopic (exact) mass is 300 g/mol. The van der Waals surface area contributed by atoms with E-state index >= 15 is 0 Å². The van der Waals surface area contributed by atoms with Gasteiger partial charge in [0.05, 0.1) is 26.4 Å². The van der Waals surface area contributed by atoms with E-state index in [-0.39, 0.29) is 5.48 Å². The summed E-state index contributed by atoms with van der Waals surface area (Å²) in [5.41, 5.74) is 0.544. The van der Waals surface area contributed by atoms with Gasteiger partial charge in [-0.1, -0.05) is 37.3 Å². The lowest BCUT2D eigenvalue weighted by Gasteiger charge is -2.19. The van der Waals surface area contributed by atoms with E-state index in [1.54, 1.807) is 31.2 Å². The first-order valence-corrected chi connectivity index (χ1v) is 6.93. The van der Waals surface area contributed by atoms with E-state index in [1.165, 1.54) is 0 Å². The minimum absolute atomic E-state index is 0. The molecule has 4 N–H and O–H groups in total. The Hall–Kier alpha value is -1.02. The molecular formula is C15H24O6. The van der Waals surface area contributed by atoms with Crippen molar-refractivity contribution in [1.82, 2.24) is 0 Å². The van der Waals surface area contributed by atoms with E-state index in [4.69, 9.17) is 14.2 Å². The maximum absolute atomic E-state index is 9.35. The fourth-order valence-corrected chi connectivity index (χ4v) is 1.57. The van der Waals surface area contributed by atoms with Crippen LogP contribution in [0, 0.1) is 0 Å². The van der Waals surface area contributed by atoms with Gasteiger partial charge >= 0.3 is 0 Å². The van der Waals surface area contributed by atoms with Crippen molar-refractivity contribution in [2.24, 2.45) is 0 Å². The molecule has 21 heavy (non-hydrogen) atoms. The Morgan fingerprint density at radius 2 is 1.57 bits per heavy atom. The second-order valence-corrected chi connectivity index (χ2v) is 4.98. The van der Waals surface area contributed by atoms with Crippen LogP contribution < -0.4 is 0 Å². The van der Waals surface area contributed by atoms with Crippen LogP contribution in [0.1, 0.15) is 18.9 Å². The molecule has 120 valence electrons. The van der Waals surface area contributed by atoms with Crippen LogP contribution in [0.4, 0.5) is 0 Å². The summed E-state index contributed by atoms with van der Waals surface area (Å²) in [6.45, 7) is 4.99. The number of rotatable bonds is 6. The van der Waals surface area contributed by atoms with Crippen LogP contribution in [0.5, 0.6) is 0 Å². The van der Waals surface area contributed by atoms with Crippen molar-refractivity contribution in [2.45, 2.75) is 31.3 Å². The molecule has 0 saturated carbocycles. The minimum Gasteiger partial charge on any atom is -0.412 e. The Morgan fingerprint density at radius 3 is 1.95 bits per heavy atom. The molecule has 6 nitrogen and oxygen atoms in total. The molecule has 0 spiro atoms. The lowest BCUT2D eigenvalue weighted by molar-refractivity contribution is -0.171. The molecule has 2 unspecified atom stereocenters. The molecule has 3 rings (SSSR count). The minimum atomic E-state index is -1.67. The van der Waals surface area contributed by atoms with E-state index in [2.05, 4.69) is 0 Å². The molecule has 6 heteroatoms. The van der Waals surface area contributed by atoms with Crippen LogP contribution in [0.3, 0.4) is 0 Å². The Kier molecular flexibility index (Phi) is 7.24. The number of benzene rings is 1. The van der Waals surface area contributed by atoms with Gasteiger partial charge in [-0.05, 0) is 0 Å². The van der Waals surface area contributed by atoms with Gasteiger partial charge in [0, 0.05) is 12.0 Å². The van der Waals surface area contributed by atoms with E-state index in [0.29, 0.717) is 24.2 Å². The third-order valence-corrected chi connectivity index (χ3v) is 3.14. The van der Waals surface area contributed by atoms with Crippen LogP contribution in [0.25, 0.3) is 0 Å². The maximum atomic E-state index is 9.35. The Morgan fingerprint density at radius 1 is 1.10 bits per heavy atom. The molecule has 2 aliphatic rings. The predicted octanol–water partition coefficient (Wildman–Crippen LogP) is 0.210. The summed E-state index contributed by atoms with van der Waals surface area (Å²) < 4.78 is 15.1. The second kappa shape index (κ2) is 8.43. The van der Waals surface area contributed by atoms with Crippen molar-refractivity contribution >= 4 is 0 Å². The van der Waals surface area contributed by atoms with E-state index in [9.17, 15) is 10.2 Å². The summed E-state index contributed by atoms with van der Waals surface area (Å²) in [6, 6.07) is 8.81. The summed E-state index contributed by atoms with van der Waals surface area (Å²) in [5.74, 6) is -1.67. The molecule has 0 aliphatic carbocycles. The SMILES string of the molecule is C(OCC1CO1)C1CO1.CCC(O)(O)c1ccccc1.O. The summed E-state index contributed by atoms with van der Waals surface area (Å²) in [5, 5.41) is 18.7.